The summed E-state index contributed by atoms with van der Waals surface area (Å²) < 4.78 is 13.4. The number of hydrogen-bond donors (Lipinski definition) is 1. The van der Waals surface area contributed by atoms with Gasteiger partial charge in [0.25, 0.3) is 0 Å². The average molecular weight is 425 g/mol. The third-order valence-electron chi connectivity index (χ3n) is 5.57. The summed E-state index contributed by atoms with van der Waals surface area (Å²) in [7, 11) is 0. The summed E-state index contributed by atoms with van der Waals surface area (Å²) >= 11 is 0. The van der Waals surface area contributed by atoms with Gasteiger partial charge < -0.3 is 20.1 Å². The fourth-order valence-electron chi connectivity index (χ4n) is 3.96. The maximum absolute atomic E-state index is 6.09. The van der Waals surface area contributed by atoms with Gasteiger partial charge in [0.15, 0.2) is 11.5 Å². The van der Waals surface area contributed by atoms with E-state index in [1.807, 2.05) is 6.92 Å². The number of aromatic nitrogens is 4. The lowest BCUT2D eigenvalue weighted by molar-refractivity contribution is 0.280. The highest BCUT2D eigenvalue weighted by atomic mass is 16.5. The van der Waals surface area contributed by atoms with Crippen LogP contribution in [0.4, 0.5) is 11.5 Å². The highest BCUT2D eigenvalue weighted by molar-refractivity contribution is 5.61. The van der Waals surface area contributed by atoms with Gasteiger partial charge in [0, 0.05) is 19.5 Å². The summed E-state index contributed by atoms with van der Waals surface area (Å²) in [4.78, 5) is 11.1. The maximum atomic E-state index is 6.09. The lowest BCUT2D eigenvalue weighted by atomic mass is 10.1. The van der Waals surface area contributed by atoms with Crippen LogP contribution >= 0.6 is 0 Å². The zero-order chi connectivity index (χ0) is 21.6. The van der Waals surface area contributed by atoms with E-state index >= 15 is 0 Å². The molecule has 0 radical (unpaired) electrons. The largest absolute Gasteiger partial charge is 0.492 e. The molecule has 8 nitrogen and oxygen atoms in total. The summed E-state index contributed by atoms with van der Waals surface area (Å²) in [6, 6.07) is 6.76. The molecule has 2 N–H and O–H groups in total. The molecule has 0 unspecified atom stereocenters. The van der Waals surface area contributed by atoms with E-state index in [-0.39, 0.29) is 6.01 Å². The van der Waals surface area contributed by atoms with Crippen LogP contribution in [0, 0.1) is 0 Å². The maximum Gasteiger partial charge on any atom is 0.336 e. The molecule has 0 atom stereocenters. The van der Waals surface area contributed by atoms with Crippen LogP contribution in [0.25, 0.3) is 5.65 Å². The van der Waals surface area contributed by atoms with Gasteiger partial charge in [0.2, 0.25) is 0 Å². The molecule has 31 heavy (non-hydrogen) atoms. The van der Waals surface area contributed by atoms with Crippen molar-refractivity contribution in [3.8, 4) is 11.8 Å². The Morgan fingerprint density at radius 2 is 1.94 bits per heavy atom. The van der Waals surface area contributed by atoms with Gasteiger partial charge in [0.05, 0.1) is 30.8 Å². The Bertz CT molecular complexity index is 1010. The van der Waals surface area contributed by atoms with Gasteiger partial charge in [-0.25, -0.2) is 9.50 Å². The van der Waals surface area contributed by atoms with Crippen LogP contribution in [-0.2, 0) is 6.42 Å². The Labute approximate surface area is 183 Å². The molecule has 0 spiro atoms. The lowest BCUT2D eigenvalue weighted by Gasteiger charge is -2.30. The van der Waals surface area contributed by atoms with E-state index in [1.54, 1.807) is 10.7 Å². The van der Waals surface area contributed by atoms with Crippen LogP contribution in [0.15, 0.2) is 24.4 Å². The first kappa shape index (κ1) is 21.2. The van der Waals surface area contributed by atoms with E-state index in [1.165, 1.54) is 24.9 Å². The molecule has 3 heterocycles. The molecule has 0 aliphatic carbocycles. The summed E-state index contributed by atoms with van der Waals surface area (Å²) in [6.07, 6.45) is 8.23. The summed E-state index contributed by atoms with van der Waals surface area (Å²) in [5.74, 6) is 1.26. The second-order valence-corrected chi connectivity index (χ2v) is 7.93. The average Bonchev–Trinajstić information content (AvgIpc) is 3.18. The third-order valence-corrected chi connectivity index (χ3v) is 5.57. The van der Waals surface area contributed by atoms with Gasteiger partial charge >= 0.3 is 6.01 Å². The number of unbranched alkanes of at least 4 members (excludes halogenated alkanes) is 1. The van der Waals surface area contributed by atoms with Gasteiger partial charge in [-0.05, 0) is 50.3 Å². The number of benzene rings is 1. The van der Waals surface area contributed by atoms with Gasteiger partial charge in [0.1, 0.15) is 5.75 Å². The number of rotatable bonds is 9. The molecule has 1 aliphatic heterocycles. The quantitative estimate of drug-likeness (QED) is 0.522. The number of anilines is 2. The molecule has 2 aromatic heterocycles. The van der Waals surface area contributed by atoms with Crippen LogP contribution in [0.3, 0.4) is 0 Å². The number of hydrogen-bond acceptors (Lipinski definition) is 7. The van der Waals surface area contributed by atoms with Crippen molar-refractivity contribution in [3.63, 3.8) is 0 Å². The second-order valence-electron chi connectivity index (χ2n) is 7.93. The number of nitrogens with zero attached hydrogens (tertiary/aromatic N) is 5. The number of piperidine rings is 1. The number of ether oxygens (including phenoxy) is 2. The van der Waals surface area contributed by atoms with Crippen molar-refractivity contribution in [1.29, 1.82) is 0 Å². The van der Waals surface area contributed by atoms with E-state index in [0.717, 1.165) is 42.9 Å². The van der Waals surface area contributed by atoms with Crippen LogP contribution < -0.4 is 20.1 Å². The molecular formula is C23H32N6O2. The first-order valence-corrected chi connectivity index (χ1v) is 11.3. The van der Waals surface area contributed by atoms with Gasteiger partial charge in [-0.3, -0.25) is 0 Å². The van der Waals surface area contributed by atoms with Crippen LogP contribution in [0.1, 0.15) is 57.2 Å². The number of nitrogen functional groups attached to an aromatic ring is 1. The van der Waals surface area contributed by atoms with Crippen molar-refractivity contribution in [3.05, 3.63) is 35.7 Å². The first-order valence-electron chi connectivity index (χ1n) is 11.3. The van der Waals surface area contributed by atoms with E-state index in [4.69, 9.17) is 15.2 Å². The SMILES string of the molecule is CCCCOc1nc(N)c2ncc(Cc3ccc(N4CCCCC4)c(OCC)c3)n2n1. The van der Waals surface area contributed by atoms with Crippen molar-refractivity contribution in [2.24, 2.45) is 0 Å². The van der Waals surface area contributed by atoms with E-state index < -0.39 is 0 Å². The number of imidazole rings is 1. The van der Waals surface area contributed by atoms with Crippen molar-refractivity contribution in [2.75, 3.05) is 36.9 Å². The summed E-state index contributed by atoms with van der Waals surface area (Å²) in [5.41, 5.74) is 9.89. The molecule has 1 aliphatic rings. The van der Waals surface area contributed by atoms with Gasteiger partial charge in [-0.1, -0.05) is 19.4 Å². The highest BCUT2D eigenvalue weighted by Gasteiger charge is 2.17. The molecule has 1 aromatic carbocycles. The lowest BCUT2D eigenvalue weighted by Crippen LogP contribution is -2.29. The summed E-state index contributed by atoms with van der Waals surface area (Å²) in [5, 5.41) is 4.52. The zero-order valence-electron chi connectivity index (χ0n) is 18.5. The molecule has 3 aromatic rings. The van der Waals surface area contributed by atoms with Gasteiger partial charge in [-0.2, -0.15) is 4.98 Å². The molecule has 4 rings (SSSR count). The molecule has 0 saturated carbocycles. The Balaban J connectivity index is 1.59. The molecule has 1 saturated heterocycles. The smallest absolute Gasteiger partial charge is 0.336 e. The predicted molar refractivity (Wildman–Crippen MR) is 122 cm³/mol. The van der Waals surface area contributed by atoms with Crippen molar-refractivity contribution >= 4 is 17.2 Å². The Kier molecular flexibility index (Phi) is 6.74. The zero-order valence-corrected chi connectivity index (χ0v) is 18.5. The predicted octanol–water partition coefficient (Wildman–Crippen LogP) is 3.87. The Morgan fingerprint density at radius 1 is 1.10 bits per heavy atom. The monoisotopic (exact) mass is 424 g/mol. The fourth-order valence-corrected chi connectivity index (χ4v) is 3.96. The minimum absolute atomic E-state index is 0.285. The van der Waals surface area contributed by atoms with Crippen LogP contribution in [0.5, 0.6) is 11.8 Å². The number of fused-ring (bicyclic) bond motifs is 1. The van der Waals surface area contributed by atoms with E-state index in [2.05, 4.69) is 45.1 Å². The van der Waals surface area contributed by atoms with Gasteiger partial charge in [-0.15, -0.1) is 5.10 Å². The minimum Gasteiger partial charge on any atom is -0.492 e. The standard InChI is InChI=1S/C23H32N6O2/c1-3-5-13-31-23-26-21(24)22-25-16-18(29(22)27-23)14-17-9-10-19(20(15-17)30-4-2)28-11-7-6-8-12-28/h9-10,15-16H,3-8,11-14H2,1-2H3,(H2,24,26,27). The molecule has 166 valence electrons. The highest BCUT2D eigenvalue weighted by Crippen LogP contribution is 2.32. The molecule has 1 fully saturated rings. The normalized spacial score (nSPS) is 14.2. The molecular weight excluding hydrogens is 392 g/mol. The van der Waals surface area contributed by atoms with Crippen molar-refractivity contribution < 1.29 is 9.47 Å². The molecule has 8 heteroatoms. The Hall–Kier alpha value is -3.03. The Morgan fingerprint density at radius 3 is 2.71 bits per heavy atom. The van der Waals surface area contributed by atoms with Crippen molar-refractivity contribution in [1.82, 2.24) is 19.6 Å². The van der Waals surface area contributed by atoms with Crippen LogP contribution in [-0.4, -0.2) is 45.9 Å². The minimum atomic E-state index is 0.285. The molecule has 0 bridgehead atoms. The fraction of sp³-hybridized carbons (Fsp3) is 0.522. The second kappa shape index (κ2) is 9.85. The topological polar surface area (TPSA) is 90.8 Å². The number of nitrogens with two attached hydrogens (primary N) is 1. The molecule has 0 amide bonds. The van der Waals surface area contributed by atoms with E-state index in [0.29, 0.717) is 31.1 Å². The summed E-state index contributed by atoms with van der Waals surface area (Å²) in [6.45, 7) is 7.52. The van der Waals surface area contributed by atoms with Crippen LogP contribution in [0.2, 0.25) is 0 Å². The first-order chi connectivity index (χ1) is 15.2. The van der Waals surface area contributed by atoms with E-state index in [9.17, 15) is 0 Å². The third kappa shape index (κ3) is 4.84. The van der Waals surface area contributed by atoms with Crippen molar-refractivity contribution in [2.45, 2.75) is 52.4 Å².